The Balaban J connectivity index is 2.33. The molecule has 4 atom stereocenters. The van der Waals surface area contributed by atoms with Crippen LogP contribution < -0.4 is 5.32 Å². The Hall–Kier alpha value is 0.0700. The van der Waals surface area contributed by atoms with E-state index in [-0.39, 0.29) is 0 Å². The smallest absolute Gasteiger partial charge is 0.0565 e. The fourth-order valence-electron chi connectivity index (χ4n) is 2.34. The van der Waals surface area contributed by atoms with Crippen LogP contribution in [0.5, 0.6) is 0 Å². The molecule has 15 heavy (non-hydrogen) atoms. The molecule has 0 amide bonds. The first-order valence-corrected chi connectivity index (χ1v) is 7.41. The van der Waals surface area contributed by atoms with Crippen LogP contribution in [0.15, 0.2) is 0 Å². The molecule has 0 spiro atoms. The number of nitrogens with one attached hydrogen (secondary N) is 1. The van der Waals surface area contributed by atoms with Crippen LogP contribution in [0.25, 0.3) is 0 Å². The highest BCUT2D eigenvalue weighted by atomic mass is 32.2. The molecule has 0 aromatic heterocycles. The highest BCUT2D eigenvalue weighted by Gasteiger charge is 2.25. The summed E-state index contributed by atoms with van der Waals surface area (Å²) in [5.74, 6) is 0.736. The zero-order chi connectivity index (χ0) is 11.4. The van der Waals surface area contributed by atoms with Crippen LogP contribution in [0, 0.1) is 0 Å². The van der Waals surface area contributed by atoms with Crippen molar-refractivity contribution in [1.82, 2.24) is 5.32 Å². The van der Waals surface area contributed by atoms with E-state index in [1.807, 2.05) is 0 Å². The van der Waals surface area contributed by atoms with Crippen molar-refractivity contribution in [2.75, 3.05) is 12.0 Å². The minimum absolute atomic E-state index is 0.332. The SMILES string of the molecule is CC(CS(C)=O)NC1CC(C)OC(C)C1. The van der Waals surface area contributed by atoms with Crippen LogP contribution in [0.4, 0.5) is 0 Å². The second kappa shape index (κ2) is 5.97. The lowest BCUT2D eigenvalue weighted by Gasteiger charge is -2.34. The summed E-state index contributed by atoms with van der Waals surface area (Å²) in [4.78, 5) is 0. The molecule has 1 fully saturated rings. The van der Waals surface area contributed by atoms with Gasteiger partial charge in [-0.2, -0.15) is 0 Å². The summed E-state index contributed by atoms with van der Waals surface area (Å²) in [6, 6.07) is 0.848. The predicted octanol–water partition coefficient (Wildman–Crippen LogP) is 1.30. The van der Waals surface area contributed by atoms with E-state index in [0.717, 1.165) is 18.6 Å². The average Bonchev–Trinajstić information content (AvgIpc) is 1.98. The third kappa shape index (κ3) is 5.09. The predicted molar refractivity (Wildman–Crippen MR) is 64.6 cm³/mol. The number of hydrogen-bond donors (Lipinski definition) is 1. The van der Waals surface area contributed by atoms with Crippen molar-refractivity contribution in [3.05, 3.63) is 0 Å². The Morgan fingerprint density at radius 1 is 1.40 bits per heavy atom. The van der Waals surface area contributed by atoms with E-state index in [9.17, 15) is 4.21 Å². The van der Waals surface area contributed by atoms with Crippen molar-refractivity contribution in [3.63, 3.8) is 0 Å². The summed E-state index contributed by atoms with van der Waals surface area (Å²) >= 11 is 0. The quantitative estimate of drug-likeness (QED) is 0.795. The summed E-state index contributed by atoms with van der Waals surface area (Å²) in [5, 5.41) is 3.54. The van der Waals surface area contributed by atoms with Crippen LogP contribution in [-0.4, -0.2) is 40.5 Å². The molecule has 3 nitrogen and oxygen atoms in total. The molecule has 1 saturated heterocycles. The summed E-state index contributed by atoms with van der Waals surface area (Å²) in [7, 11) is -0.711. The molecule has 0 aliphatic carbocycles. The van der Waals surface area contributed by atoms with E-state index in [2.05, 4.69) is 26.1 Å². The van der Waals surface area contributed by atoms with Gasteiger partial charge in [0.2, 0.25) is 0 Å². The molecule has 1 aliphatic rings. The van der Waals surface area contributed by atoms with Gasteiger partial charge in [0.15, 0.2) is 0 Å². The Labute approximate surface area is 95.4 Å². The van der Waals surface area contributed by atoms with E-state index in [4.69, 9.17) is 4.74 Å². The Kier molecular flexibility index (Phi) is 5.23. The van der Waals surface area contributed by atoms with E-state index in [0.29, 0.717) is 24.3 Å². The lowest BCUT2D eigenvalue weighted by atomic mass is 9.99. The molecule has 0 aromatic carbocycles. The van der Waals surface area contributed by atoms with Crippen molar-refractivity contribution in [2.45, 2.75) is 57.9 Å². The van der Waals surface area contributed by atoms with Crippen LogP contribution in [0.3, 0.4) is 0 Å². The van der Waals surface area contributed by atoms with Crippen molar-refractivity contribution < 1.29 is 8.95 Å². The zero-order valence-corrected chi connectivity index (χ0v) is 11.0. The molecule has 1 rings (SSSR count). The van der Waals surface area contributed by atoms with Crippen molar-refractivity contribution >= 4 is 10.8 Å². The lowest BCUT2D eigenvalue weighted by molar-refractivity contribution is -0.0429. The van der Waals surface area contributed by atoms with Gasteiger partial charge in [-0.05, 0) is 33.6 Å². The Bertz CT molecular complexity index is 213. The summed E-state index contributed by atoms with van der Waals surface area (Å²) in [5.41, 5.74) is 0. The molecular weight excluding hydrogens is 210 g/mol. The summed E-state index contributed by atoms with van der Waals surface area (Å²) < 4.78 is 16.7. The molecule has 0 bridgehead atoms. The van der Waals surface area contributed by atoms with Gasteiger partial charge in [-0.3, -0.25) is 4.21 Å². The Morgan fingerprint density at radius 2 is 1.93 bits per heavy atom. The number of ether oxygens (including phenoxy) is 1. The molecule has 1 aliphatic heterocycles. The second-order valence-corrected chi connectivity index (χ2v) is 6.21. The first-order chi connectivity index (χ1) is 6.97. The first-order valence-electron chi connectivity index (χ1n) is 5.69. The molecule has 1 N–H and O–H groups in total. The zero-order valence-electron chi connectivity index (χ0n) is 10.2. The number of hydrogen-bond acceptors (Lipinski definition) is 3. The summed E-state index contributed by atoms with van der Waals surface area (Å²) in [6.07, 6.45) is 4.56. The lowest BCUT2D eigenvalue weighted by Crippen LogP contribution is -2.46. The van der Waals surface area contributed by atoms with Gasteiger partial charge in [-0.25, -0.2) is 0 Å². The van der Waals surface area contributed by atoms with Gasteiger partial charge in [0, 0.05) is 34.9 Å². The molecule has 0 aromatic rings. The van der Waals surface area contributed by atoms with Crippen LogP contribution in [-0.2, 0) is 15.5 Å². The first kappa shape index (κ1) is 13.1. The second-order valence-electron chi connectivity index (χ2n) is 4.73. The summed E-state index contributed by atoms with van der Waals surface area (Å²) in [6.45, 7) is 6.34. The maximum absolute atomic E-state index is 11.1. The van der Waals surface area contributed by atoms with Gasteiger partial charge in [-0.1, -0.05) is 0 Å². The van der Waals surface area contributed by atoms with Gasteiger partial charge >= 0.3 is 0 Å². The van der Waals surface area contributed by atoms with Crippen molar-refractivity contribution in [1.29, 1.82) is 0 Å². The maximum Gasteiger partial charge on any atom is 0.0565 e. The highest BCUT2D eigenvalue weighted by Crippen LogP contribution is 2.19. The normalized spacial score (nSPS) is 36.1. The molecular formula is C11H23NO2S. The molecule has 90 valence electrons. The third-order valence-corrected chi connectivity index (χ3v) is 3.67. The van der Waals surface area contributed by atoms with Crippen LogP contribution in [0.1, 0.15) is 33.6 Å². The van der Waals surface area contributed by atoms with Crippen molar-refractivity contribution in [3.8, 4) is 0 Å². The third-order valence-electron chi connectivity index (χ3n) is 2.70. The largest absolute Gasteiger partial charge is 0.375 e. The monoisotopic (exact) mass is 233 g/mol. The van der Waals surface area contributed by atoms with Gasteiger partial charge in [0.05, 0.1) is 12.2 Å². The molecule has 4 heteroatoms. The minimum Gasteiger partial charge on any atom is -0.375 e. The Morgan fingerprint density at radius 3 is 2.40 bits per heavy atom. The van der Waals surface area contributed by atoms with Gasteiger partial charge < -0.3 is 10.1 Å². The van der Waals surface area contributed by atoms with Gasteiger partial charge in [-0.15, -0.1) is 0 Å². The molecule has 0 saturated carbocycles. The number of rotatable bonds is 4. The topological polar surface area (TPSA) is 38.3 Å². The highest BCUT2D eigenvalue weighted by molar-refractivity contribution is 7.84. The fraction of sp³-hybridized carbons (Fsp3) is 1.00. The van der Waals surface area contributed by atoms with E-state index >= 15 is 0 Å². The molecule has 0 radical (unpaired) electrons. The van der Waals surface area contributed by atoms with Crippen LogP contribution in [0.2, 0.25) is 0 Å². The van der Waals surface area contributed by atoms with Crippen molar-refractivity contribution in [2.24, 2.45) is 0 Å². The standard InChI is InChI=1S/C11H23NO2S/c1-8(7-15(4)13)12-11-5-9(2)14-10(3)6-11/h8-12H,5-7H2,1-4H3. The van der Waals surface area contributed by atoms with E-state index in [1.54, 1.807) is 6.26 Å². The van der Waals surface area contributed by atoms with Crippen LogP contribution >= 0.6 is 0 Å². The fourth-order valence-corrected chi connectivity index (χ4v) is 3.14. The maximum atomic E-state index is 11.1. The molecule has 4 unspecified atom stereocenters. The van der Waals surface area contributed by atoms with Gasteiger partial charge in [0.25, 0.3) is 0 Å². The van der Waals surface area contributed by atoms with Gasteiger partial charge in [0.1, 0.15) is 0 Å². The minimum atomic E-state index is -0.711. The average molecular weight is 233 g/mol. The van der Waals surface area contributed by atoms with E-state index < -0.39 is 10.8 Å². The van der Waals surface area contributed by atoms with E-state index in [1.165, 1.54) is 0 Å². The molecule has 1 heterocycles.